The lowest BCUT2D eigenvalue weighted by molar-refractivity contribution is -0.151. The summed E-state index contributed by atoms with van der Waals surface area (Å²) in [7, 11) is -3.65. The van der Waals surface area contributed by atoms with Gasteiger partial charge in [-0.3, -0.25) is 4.79 Å². The van der Waals surface area contributed by atoms with Crippen LogP contribution in [0.4, 0.5) is 0 Å². The lowest BCUT2D eigenvalue weighted by atomic mass is 10.2. The second-order valence-corrected chi connectivity index (χ2v) is 7.61. The Balaban J connectivity index is 4.21. The average Bonchev–Trinajstić information content (AvgIpc) is 2.12. The van der Waals surface area contributed by atoms with Gasteiger partial charge >= 0.3 is 5.97 Å². The van der Waals surface area contributed by atoms with Crippen molar-refractivity contribution in [1.82, 2.24) is 5.32 Å². The van der Waals surface area contributed by atoms with Gasteiger partial charge in [0.05, 0.1) is 11.9 Å². The van der Waals surface area contributed by atoms with Crippen LogP contribution in [0.2, 0.25) is 0 Å². The van der Waals surface area contributed by atoms with Gasteiger partial charge in [-0.1, -0.05) is 6.92 Å². The monoisotopic (exact) mass is 295 g/mol. The summed E-state index contributed by atoms with van der Waals surface area (Å²) >= 11 is 0. The molecule has 0 spiro atoms. The van der Waals surface area contributed by atoms with Crippen molar-refractivity contribution in [2.24, 2.45) is 0 Å². The second kappa shape index (κ2) is 7.81. The van der Waals surface area contributed by atoms with Gasteiger partial charge in [-0.15, -0.1) is 0 Å². The van der Waals surface area contributed by atoms with Gasteiger partial charge in [0, 0.05) is 6.54 Å². The van der Waals surface area contributed by atoms with Crippen molar-refractivity contribution < 1.29 is 23.1 Å². The third kappa shape index (κ3) is 10.9. The van der Waals surface area contributed by atoms with E-state index < -0.39 is 39.0 Å². The maximum atomic E-state index is 11.7. The second-order valence-electron chi connectivity index (χ2n) is 5.50. The van der Waals surface area contributed by atoms with Crippen LogP contribution in [0.5, 0.6) is 0 Å². The zero-order valence-electron chi connectivity index (χ0n) is 12.1. The molecule has 0 bridgehead atoms. The quantitative estimate of drug-likeness (QED) is 0.487. The van der Waals surface area contributed by atoms with Crippen molar-refractivity contribution >= 4 is 15.8 Å². The van der Waals surface area contributed by atoms with Gasteiger partial charge in [0.15, 0.2) is 9.84 Å². The minimum atomic E-state index is -3.65. The third-order valence-corrected chi connectivity index (χ3v) is 3.58. The standard InChI is InChI=1S/C12H25NO5S/c1-5-6-13-7-10(14)8-19(16,17)9-11(15)18-12(2,3)4/h10,13-14H,5-9H2,1-4H3. The molecule has 7 heteroatoms. The van der Waals surface area contributed by atoms with Crippen molar-refractivity contribution in [3.8, 4) is 0 Å². The first-order valence-corrected chi connectivity index (χ1v) is 8.19. The number of rotatable bonds is 8. The summed E-state index contributed by atoms with van der Waals surface area (Å²) in [4.78, 5) is 11.4. The smallest absolute Gasteiger partial charge is 0.321 e. The van der Waals surface area contributed by atoms with Gasteiger partial charge in [-0.05, 0) is 33.7 Å². The predicted molar refractivity (Wildman–Crippen MR) is 73.7 cm³/mol. The summed E-state index contributed by atoms with van der Waals surface area (Å²) in [6.45, 7) is 7.88. The SMILES string of the molecule is CCCNCC(O)CS(=O)(=O)CC(=O)OC(C)(C)C. The fraction of sp³-hybridized carbons (Fsp3) is 0.917. The van der Waals surface area contributed by atoms with Crippen molar-refractivity contribution in [1.29, 1.82) is 0 Å². The molecule has 0 rings (SSSR count). The molecule has 0 aliphatic carbocycles. The molecular weight excluding hydrogens is 270 g/mol. The van der Waals surface area contributed by atoms with Crippen molar-refractivity contribution in [2.75, 3.05) is 24.6 Å². The van der Waals surface area contributed by atoms with E-state index in [1.54, 1.807) is 20.8 Å². The van der Waals surface area contributed by atoms with E-state index in [4.69, 9.17) is 4.74 Å². The van der Waals surface area contributed by atoms with Gasteiger partial charge in [0.2, 0.25) is 0 Å². The minimum absolute atomic E-state index is 0.196. The molecule has 0 aliphatic heterocycles. The van der Waals surface area contributed by atoms with Crippen LogP contribution in [0, 0.1) is 0 Å². The summed E-state index contributed by atoms with van der Waals surface area (Å²) in [6, 6.07) is 0. The highest BCUT2D eigenvalue weighted by molar-refractivity contribution is 7.92. The summed E-state index contributed by atoms with van der Waals surface area (Å²) in [5.74, 6) is -1.93. The molecule has 0 aromatic rings. The first-order chi connectivity index (χ1) is 8.56. The zero-order chi connectivity index (χ0) is 15.1. The molecule has 19 heavy (non-hydrogen) atoms. The van der Waals surface area contributed by atoms with Crippen LogP contribution in [-0.2, 0) is 19.4 Å². The molecule has 1 atom stereocenters. The minimum Gasteiger partial charge on any atom is -0.459 e. The number of carbonyl (C=O) groups excluding carboxylic acids is 1. The average molecular weight is 295 g/mol. The molecule has 0 aliphatic rings. The first-order valence-electron chi connectivity index (χ1n) is 6.37. The molecule has 0 saturated carbocycles. The molecule has 0 fully saturated rings. The van der Waals surface area contributed by atoms with Crippen molar-refractivity contribution in [3.63, 3.8) is 0 Å². The van der Waals surface area contributed by atoms with Crippen LogP contribution in [0.1, 0.15) is 34.1 Å². The highest BCUT2D eigenvalue weighted by Crippen LogP contribution is 2.08. The highest BCUT2D eigenvalue weighted by atomic mass is 32.2. The molecule has 0 saturated heterocycles. The van der Waals surface area contributed by atoms with Gasteiger partial charge in [0.1, 0.15) is 11.4 Å². The molecule has 0 amide bonds. The maximum Gasteiger partial charge on any atom is 0.321 e. The number of aliphatic hydroxyl groups is 1. The molecule has 114 valence electrons. The van der Waals surface area contributed by atoms with Crippen LogP contribution < -0.4 is 5.32 Å². The number of ether oxygens (including phenoxy) is 1. The van der Waals surface area contributed by atoms with Gasteiger partial charge in [0.25, 0.3) is 0 Å². The molecular formula is C12H25NO5S. The van der Waals surface area contributed by atoms with Crippen molar-refractivity contribution in [2.45, 2.75) is 45.8 Å². The Morgan fingerprint density at radius 3 is 2.42 bits per heavy atom. The Morgan fingerprint density at radius 1 is 1.37 bits per heavy atom. The van der Waals surface area contributed by atoms with E-state index >= 15 is 0 Å². The first kappa shape index (κ1) is 18.3. The fourth-order valence-electron chi connectivity index (χ4n) is 1.41. The molecule has 0 radical (unpaired) electrons. The van der Waals surface area contributed by atoms with Gasteiger partial charge < -0.3 is 15.2 Å². The summed E-state index contributed by atoms with van der Waals surface area (Å²) in [5.41, 5.74) is -0.714. The molecule has 0 aromatic carbocycles. The van der Waals surface area contributed by atoms with E-state index in [-0.39, 0.29) is 6.54 Å². The van der Waals surface area contributed by atoms with E-state index in [0.29, 0.717) is 6.54 Å². The number of sulfone groups is 1. The van der Waals surface area contributed by atoms with E-state index in [2.05, 4.69) is 5.32 Å². The van der Waals surface area contributed by atoms with Crippen LogP contribution >= 0.6 is 0 Å². The molecule has 2 N–H and O–H groups in total. The lowest BCUT2D eigenvalue weighted by Crippen LogP contribution is -2.36. The number of nitrogens with one attached hydrogen (secondary N) is 1. The Kier molecular flexibility index (Phi) is 7.54. The zero-order valence-corrected chi connectivity index (χ0v) is 12.9. The Labute approximate surface area is 115 Å². The number of esters is 1. The molecule has 0 heterocycles. The third-order valence-electron chi connectivity index (χ3n) is 2.01. The van der Waals surface area contributed by atoms with E-state index in [9.17, 15) is 18.3 Å². The number of hydrogen-bond donors (Lipinski definition) is 2. The Morgan fingerprint density at radius 2 is 1.95 bits per heavy atom. The van der Waals surface area contributed by atoms with E-state index in [1.807, 2.05) is 6.92 Å². The number of carbonyl (C=O) groups is 1. The Hall–Kier alpha value is -0.660. The summed E-state index contributed by atoms with van der Waals surface area (Å²) < 4.78 is 28.3. The topological polar surface area (TPSA) is 92.7 Å². The normalized spacial score (nSPS) is 14.2. The predicted octanol–water partition coefficient (Wildman–Crippen LogP) is 0.103. The van der Waals surface area contributed by atoms with E-state index in [1.165, 1.54) is 0 Å². The number of hydrogen-bond acceptors (Lipinski definition) is 6. The highest BCUT2D eigenvalue weighted by Gasteiger charge is 2.24. The fourth-order valence-corrected chi connectivity index (χ4v) is 2.65. The van der Waals surface area contributed by atoms with Crippen LogP contribution in [0.3, 0.4) is 0 Å². The molecule has 1 unspecified atom stereocenters. The molecule has 6 nitrogen and oxygen atoms in total. The van der Waals surface area contributed by atoms with E-state index in [0.717, 1.165) is 6.42 Å². The maximum absolute atomic E-state index is 11.7. The number of aliphatic hydroxyl groups excluding tert-OH is 1. The molecule has 0 aromatic heterocycles. The summed E-state index contributed by atoms with van der Waals surface area (Å²) in [5, 5.41) is 12.5. The van der Waals surface area contributed by atoms with Crippen LogP contribution in [0.15, 0.2) is 0 Å². The summed E-state index contributed by atoms with van der Waals surface area (Å²) in [6.07, 6.45) is -0.115. The Bertz CT molecular complexity index is 372. The van der Waals surface area contributed by atoms with Crippen molar-refractivity contribution in [3.05, 3.63) is 0 Å². The van der Waals surface area contributed by atoms with Gasteiger partial charge in [-0.25, -0.2) is 8.42 Å². The van der Waals surface area contributed by atoms with Crippen LogP contribution in [-0.4, -0.2) is 55.8 Å². The largest absolute Gasteiger partial charge is 0.459 e. The van der Waals surface area contributed by atoms with Crippen LogP contribution in [0.25, 0.3) is 0 Å². The van der Waals surface area contributed by atoms with Gasteiger partial charge in [-0.2, -0.15) is 0 Å². The lowest BCUT2D eigenvalue weighted by Gasteiger charge is -2.19.